The summed E-state index contributed by atoms with van der Waals surface area (Å²) in [6, 6.07) is 29.1. The van der Waals surface area contributed by atoms with E-state index in [2.05, 4.69) is 100 Å². The first-order valence-corrected chi connectivity index (χ1v) is 13.6. The molecule has 4 aromatic carbocycles. The Morgan fingerprint density at radius 1 is 0.618 bits per heavy atom. The van der Waals surface area contributed by atoms with Crippen molar-refractivity contribution in [2.45, 2.75) is 78.3 Å². The van der Waals surface area contributed by atoms with Gasteiger partial charge in [-0.25, -0.2) is 0 Å². The molecule has 0 bridgehead atoms. The summed E-state index contributed by atoms with van der Waals surface area (Å²) in [7, 11) is 1.20. The second-order valence-corrected chi connectivity index (χ2v) is 10.1. The van der Waals surface area contributed by atoms with Crippen LogP contribution in [-0.4, -0.2) is 9.52 Å². The van der Waals surface area contributed by atoms with Gasteiger partial charge in [-0.2, -0.15) is 12.1 Å². The van der Waals surface area contributed by atoms with Gasteiger partial charge in [-0.15, -0.1) is 81.2 Å². The number of unbranched alkanes of at least 4 members (excludes halogenated alkanes) is 2. The van der Waals surface area contributed by atoms with Crippen molar-refractivity contribution in [2.24, 2.45) is 0 Å². The number of fused-ring (bicyclic) bond motifs is 2. The largest absolute Gasteiger partial charge is 4.00 e. The topological polar surface area (TPSA) is 0 Å². The van der Waals surface area contributed by atoms with Crippen molar-refractivity contribution in [3.63, 3.8) is 0 Å². The maximum absolute atomic E-state index is 2.31. The molecule has 0 aliphatic carbocycles. The van der Waals surface area contributed by atoms with E-state index in [-0.39, 0.29) is 51.0 Å². The Morgan fingerprint density at radius 3 is 1.29 bits per heavy atom. The molecule has 0 atom stereocenters. The SMILES string of the molecule is CCCCc1cc2ccccc2[cH-]1.CCCCc1cc2ccccc2[cH-]1.CC[Si]CC.[Cl-].[Cl-].[Zr+4]. The molecule has 0 aliphatic heterocycles. The molecular formula is C30H40Cl2SiZr. The molecule has 0 N–H and O–H groups in total. The Bertz CT molecular complexity index is 843. The fourth-order valence-corrected chi connectivity index (χ4v) is 4.23. The van der Waals surface area contributed by atoms with E-state index in [1.807, 2.05) is 0 Å². The molecule has 34 heavy (non-hydrogen) atoms. The Labute approximate surface area is 242 Å². The van der Waals surface area contributed by atoms with Crippen LogP contribution in [0.4, 0.5) is 0 Å². The average molecular weight is 591 g/mol. The number of hydrogen-bond acceptors (Lipinski definition) is 0. The van der Waals surface area contributed by atoms with Crippen LogP contribution in [0.1, 0.15) is 64.5 Å². The summed E-state index contributed by atoms with van der Waals surface area (Å²) in [5.74, 6) is 0. The number of benzene rings is 2. The molecule has 2 radical (unpaired) electrons. The van der Waals surface area contributed by atoms with E-state index in [1.165, 1.54) is 92.8 Å². The van der Waals surface area contributed by atoms with Gasteiger partial charge in [0.15, 0.2) is 0 Å². The van der Waals surface area contributed by atoms with Gasteiger partial charge in [0.1, 0.15) is 0 Å². The van der Waals surface area contributed by atoms with Crippen LogP contribution in [-0.2, 0) is 39.0 Å². The first-order valence-electron chi connectivity index (χ1n) is 12.2. The second-order valence-electron chi connectivity index (χ2n) is 8.15. The normalized spacial score (nSPS) is 9.53. The number of halogens is 2. The van der Waals surface area contributed by atoms with Gasteiger partial charge in [0.25, 0.3) is 0 Å². The third-order valence-electron chi connectivity index (χ3n) is 5.49. The van der Waals surface area contributed by atoms with Crippen molar-refractivity contribution in [1.29, 1.82) is 0 Å². The Hall–Kier alpha value is -0.660. The van der Waals surface area contributed by atoms with E-state index in [4.69, 9.17) is 0 Å². The molecule has 0 nitrogen and oxygen atoms in total. The molecule has 4 heteroatoms. The monoisotopic (exact) mass is 588 g/mol. The first-order chi connectivity index (χ1) is 15.2. The molecule has 0 saturated carbocycles. The zero-order chi connectivity index (χ0) is 22.3. The van der Waals surface area contributed by atoms with E-state index in [1.54, 1.807) is 0 Å². The van der Waals surface area contributed by atoms with Crippen LogP contribution in [0.15, 0.2) is 72.8 Å². The number of aryl methyl sites for hydroxylation is 2. The summed E-state index contributed by atoms with van der Waals surface area (Å²) >= 11 is 0. The zero-order valence-corrected chi connectivity index (χ0v) is 26.3. The third kappa shape index (κ3) is 12.9. The molecule has 0 saturated heterocycles. The predicted molar refractivity (Wildman–Crippen MR) is 143 cm³/mol. The van der Waals surface area contributed by atoms with Gasteiger partial charge in [-0.3, -0.25) is 0 Å². The van der Waals surface area contributed by atoms with Gasteiger partial charge in [-0.1, -0.05) is 77.6 Å². The van der Waals surface area contributed by atoms with Crippen molar-refractivity contribution < 1.29 is 51.0 Å². The van der Waals surface area contributed by atoms with Crippen molar-refractivity contribution >= 4 is 31.1 Å². The maximum Gasteiger partial charge on any atom is 4.00 e. The van der Waals surface area contributed by atoms with Crippen molar-refractivity contribution in [3.05, 3.63) is 83.9 Å². The van der Waals surface area contributed by atoms with E-state index in [9.17, 15) is 0 Å². The summed E-state index contributed by atoms with van der Waals surface area (Å²) < 4.78 is 0. The minimum absolute atomic E-state index is 0. The smallest absolute Gasteiger partial charge is 1.00 e. The molecule has 0 aliphatic rings. The molecule has 182 valence electrons. The molecule has 0 spiro atoms. The fourth-order valence-electron chi connectivity index (χ4n) is 3.73. The molecule has 0 aromatic heterocycles. The van der Waals surface area contributed by atoms with Crippen LogP contribution in [0.25, 0.3) is 21.5 Å². The van der Waals surface area contributed by atoms with E-state index < -0.39 is 0 Å². The summed E-state index contributed by atoms with van der Waals surface area (Å²) in [5.41, 5.74) is 2.98. The van der Waals surface area contributed by atoms with Gasteiger partial charge in [0.2, 0.25) is 0 Å². The van der Waals surface area contributed by atoms with Crippen LogP contribution in [0.3, 0.4) is 0 Å². The van der Waals surface area contributed by atoms with Crippen molar-refractivity contribution in [2.75, 3.05) is 0 Å². The molecular weight excluding hydrogens is 551 g/mol. The minimum Gasteiger partial charge on any atom is -1.00 e. The van der Waals surface area contributed by atoms with Gasteiger partial charge >= 0.3 is 26.2 Å². The van der Waals surface area contributed by atoms with Gasteiger partial charge in [-0.05, 0) is 12.8 Å². The Kier molecular flexibility index (Phi) is 22.6. The standard InChI is InChI=1S/2C13H15.C4H10Si.2ClH.Zr/c2*1-2-3-6-11-9-12-7-4-5-8-13(12)10-11;1-3-5-4-2;;;/h2*4-5,7-10H,2-3,6H2,1H3;3-4H2,1-2H3;2*1H;/q2*-1;;;;+4/p-2. The van der Waals surface area contributed by atoms with Crippen molar-refractivity contribution in [1.82, 2.24) is 0 Å². The Morgan fingerprint density at radius 2 is 1.00 bits per heavy atom. The van der Waals surface area contributed by atoms with Gasteiger partial charge in [0, 0.05) is 9.52 Å². The third-order valence-corrected chi connectivity index (χ3v) is 6.49. The molecule has 0 unspecified atom stereocenters. The second kappa shape index (κ2) is 21.6. The summed E-state index contributed by atoms with van der Waals surface area (Å²) in [6.07, 6.45) is 7.62. The van der Waals surface area contributed by atoms with Crippen LogP contribution in [0, 0.1) is 0 Å². The van der Waals surface area contributed by atoms with Crippen LogP contribution >= 0.6 is 0 Å². The minimum atomic E-state index is 0. The van der Waals surface area contributed by atoms with E-state index >= 15 is 0 Å². The molecule has 4 aromatic rings. The van der Waals surface area contributed by atoms with Crippen LogP contribution in [0.5, 0.6) is 0 Å². The summed E-state index contributed by atoms with van der Waals surface area (Å²) in [5, 5.41) is 5.53. The predicted octanol–water partition coefficient (Wildman–Crippen LogP) is 3.38. The first kappa shape index (κ1) is 35.5. The molecule has 4 rings (SSSR count). The molecule has 0 amide bonds. The summed E-state index contributed by atoms with van der Waals surface area (Å²) in [6.45, 7) is 8.93. The number of rotatable bonds is 8. The van der Waals surface area contributed by atoms with Gasteiger partial charge in [0.05, 0.1) is 0 Å². The van der Waals surface area contributed by atoms with Crippen LogP contribution < -0.4 is 24.8 Å². The summed E-state index contributed by atoms with van der Waals surface area (Å²) in [4.78, 5) is 0. The van der Waals surface area contributed by atoms with E-state index in [0.717, 1.165) is 0 Å². The Balaban J connectivity index is 0. The average Bonchev–Trinajstić information content (AvgIpc) is 3.41. The molecule has 0 heterocycles. The maximum atomic E-state index is 2.31. The quantitative estimate of drug-likeness (QED) is 0.218. The molecule has 0 fully saturated rings. The van der Waals surface area contributed by atoms with Gasteiger partial charge < -0.3 is 24.8 Å². The van der Waals surface area contributed by atoms with E-state index in [0.29, 0.717) is 0 Å². The zero-order valence-electron chi connectivity index (χ0n) is 21.3. The van der Waals surface area contributed by atoms with Crippen LogP contribution in [0.2, 0.25) is 12.1 Å². The fraction of sp³-hybridized carbons (Fsp3) is 0.400. The van der Waals surface area contributed by atoms with Crippen molar-refractivity contribution in [3.8, 4) is 0 Å². The number of hydrogen-bond donors (Lipinski definition) is 0.